The minimum Gasteiger partial charge on any atom is -0.491 e. The van der Waals surface area contributed by atoms with Crippen molar-refractivity contribution in [2.45, 2.75) is 32.9 Å². The maximum Gasteiger partial charge on any atom is 0.319 e. The van der Waals surface area contributed by atoms with E-state index in [0.29, 0.717) is 0 Å². The Morgan fingerprint density at radius 2 is 1.70 bits per heavy atom. The van der Waals surface area contributed by atoms with Gasteiger partial charge in [0.1, 0.15) is 5.75 Å². The number of carbonyl (C=O) groups is 1. The lowest BCUT2D eigenvalue weighted by atomic mass is 10.1. The Balaban J connectivity index is 1.93. The lowest BCUT2D eigenvalue weighted by molar-refractivity contribution is 0.242. The van der Waals surface area contributed by atoms with Crippen LogP contribution >= 0.6 is 15.9 Å². The summed E-state index contributed by atoms with van der Waals surface area (Å²) in [6, 6.07) is 14.8. The SMILES string of the molecule is CC(C)Oc1ccc(NC(=O)NC(C)c2ccccc2Br)cc1. The summed E-state index contributed by atoms with van der Waals surface area (Å²) in [6.45, 7) is 5.89. The maximum atomic E-state index is 12.1. The van der Waals surface area contributed by atoms with Crippen LogP contribution in [0.15, 0.2) is 53.0 Å². The topological polar surface area (TPSA) is 50.4 Å². The molecule has 4 nitrogen and oxygen atoms in total. The van der Waals surface area contributed by atoms with Crippen LogP contribution in [-0.2, 0) is 0 Å². The van der Waals surface area contributed by atoms with E-state index in [1.165, 1.54) is 0 Å². The highest BCUT2D eigenvalue weighted by atomic mass is 79.9. The number of rotatable bonds is 5. The average molecular weight is 377 g/mol. The third-order valence-electron chi connectivity index (χ3n) is 3.20. The monoisotopic (exact) mass is 376 g/mol. The lowest BCUT2D eigenvalue weighted by Gasteiger charge is -2.16. The fourth-order valence-electron chi connectivity index (χ4n) is 2.16. The van der Waals surface area contributed by atoms with Gasteiger partial charge in [-0.2, -0.15) is 0 Å². The molecule has 0 aliphatic rings. The third kappa shape index (κ3) is 5.28. The second kappa shape index (κ2) is 8.02. The van der Waals surface area contributed by atoms with E-state index in [-0.39, 0.29) is 18.2 Å². The highest BCUT2D eigenvalue weighted by Gasteiger charge is 2.12. The molecule has 5 heteroatoms. The number of benzene rings is 2. The first-order valence-corrected chi connectivity index (χ1v) is 8.33. The molecule has 0 heterocycles. The van der Waals surface area contributed by atoms with Crippen LogP contribution in [0.1, 0.15) is 32.4 Å². The first-order chi connectivity index (χ1) is 11.0. The first-order valence-electron chi connectivity index (χ1n) is 7.54. The van der Waals surface area contributed by atoms with Crippen molar-refractivity contribution in [2.24, 2.45) is 0 Å². The summed E-state index contributed by atoms with van der Waals surface area (Å²) in [5.74, 6) is 0.785. The molecule has 0 aromatic heterocycles. The van der Waals surface area contributed by atoms with E-state index in [1.54, 1.807) is 0 Å². The summed E-state index contributed by atoms with van der Waals surface area (Å²) in [5, 5.41) is 5.74. The molecule has 2 aromatic rings. The minimum absolute atomic E-state index is 0.103. The molecule has 1 atom stereocenters. The molecule has 0 saturated heterocycles. The van der Waals surface area contributed by atoms with E-state index < -0.39 is 0 Å². The normalized spacial score (nSPS) is 11.9. The van der Waals surface area contributed by atoms with Crippen molar-refractivity contribution in [3.63, 3.8) is 0 Å². The zero-order chi connectivity index (χ0) is 16.8. The van der Waals surface area contributed by atoms with Gasteiger partial charge >= 0.3 is 6.03 Å². The molecule has 0 spiro atoms. The third-order valence-corrected chi connectivity index (χ3v) is 3.93. The predicted molar refractivity (Wildman–Crippen MR) is 96.9 cm³/mol. The molecule has 2 rings (SSSR count). The van der Waals surface area contributed by atoms with Crippen LogP contribution < -0.4 is 15.4 Å². The Labute approximate surface area is 145 Å². The molecule has 0 aliphatic heterocycles. The molecule has 0 bridgehead atoms. The number of urea groups is 1. The number of hydrogen-bond donors (Lipinski definition) is 2. The highest BCUT2D eigenvalue weighted by molar-refractivity contribution is 9.10. The number of carbonyl (C=O) groups excluding carboxylic acids is 1. The molecule has 2 aromatic carbocycles. The molecule has 122 valence electrons. The van der Waals surface area contributed by atoms with E-state index in [0.717, 1.165) is 21.5 Å². The first kappa shape index (κ1) is 17.3. The van der Waals surface area contributed by atoms with Crippen molar-refractivity contribution in [3.05, 3.63) is 58.6 Å². The predicted octanol–water partition coefficient (Wildman–Crippen LogP) is 5.12. The molecule has 0 aliphatic carbocycles. The van der Waals surface area contributed by atoms with Crippen molar-refractivity contribution >= 4 is 27.6 Å². The molecule has 0 radical (unpaired) electrons. The molecular formula is C18H21BrN2O2. The van der Waals surface area contributed by atoms with E-state index in [1.807, 2.05) is 69.3 Å². The molecule has 0 saturated carbocycles. The van der Waals surface area contributed by atoms with Crippen molar-refractivity contribution in [3.8, 4) is 5.75 Å². The number of halogens is 1. The van der Waals surface area contributed by atoms with E-state index in [2.05, 4.69) is 26.6 Å². The number of amides is 2. The molecule has 23 heavy (non-hydrogen) atoms. The Kier molecular flexibility index (Phi) is 6.04. The van der Waals surface area contributed by atoms with Gasteiger partial charge in [0.15, 0.2) is 0 Å². The van der Waals surface area contributed by atoms with Crippen LogP contribution in [-0.4, -0.2) is 12.1 Å². The van der Waals surface area contributed by atoms with E-state index >= 15 is 0 Å². The summed E-state index contributed by atoms with van der Waals surface area (Å²) in [6.07, 6.45) is 0.127. The van der Waals surface area contributed by atoms with Crippen LogP contribution in [0.3, 0.4) is 0 Å². The summed E-state index contributed by atoms with van der Waals surface area (Å²) in [4.78, 5) is 12.1. The number of ether oxygens (including phenoxy) is 1. The Morgan fingerprint density at radius 1 is 1.04 bits per heavy atom. The second-order valence-electron chi connectivity index (χ2n) is 5.53. The smallest absolute Gasteiger partial charge is 0.319 e. The Morgan fingerprint density at radius 3 is 2.30 bits per heavy atom. The van der Waals surface area contributed by atoms with Crippen LogP contribution in [0.25, 0.3) is 0 Å². The van der Waals surface area contributed by atoms with E-state index in [4.69, 9.17) is 4.74 Å². The highest BCUT2D eigenvalue weighted by Crippen LogP contribution is 2.23. The maximum absolute atomic E-state index is 12.1. The Bertz CT molecular complexity index is 656. The zero-order valence-corrected chi connectivity index (χ0v) is 15.1. The van der Waals surface area contributed by atoms with Gasteiger partial charge in [-0.15, -0.1) is 0 Å². The summed E-state index contributed by atoms with van der Waals surface area (Å²) < 4.78 is 6.55. The number of nitrogens with one attached hydrogen (secondary N) is 2. The van der Waals surface area contributed by atoms with Gasteiger partial charge < -0.3 is 15.4 Å². The van der Waals surface area contributed by atoms with Gasteiger partial charge in [-0.3, -0.25) is 0 Å². The van der Waals surface area contributed by atoms with Crippen molar-refractivity contribution in [2.75, 3.05) is 5.32 Å². The lowest BCUT2D eigenvalue weighted by Crippen LogP contribution is -2.31. The molecule has 0 fully saturated rings. The summed E-state index contributed by atoms with van der Waals surface area (Å²) in [5.41, 5.74) is 1.75. The second-order valence-corrected chi connectivity index (χ2v) is 6.39. The van der Waals surface area contributed by atoms with Gasteiger partial charge in [-0.05, 0) is 56.7 Å². The quantitative estimate of drug-likeness (QED) is 0.760. The molecule has 2 N–H and O–H groups in total. The standard InChI is InChI=1S/C18H21BrN2O2/c1-12(2)23-15-10-8-14(9-11-15)21-18(22)20-13(3)16-6-4-5-7-17(16)19/h4-13H,1-3H3,(H2,20,21,22). The zero-order valence-electron chi connectivity index (χ0n) is 13.5. The van der Waals surface area contributed by atoms with Gasteiger partial charge in [0.25, 0.3) is 0 Å². The minimum atomic E-state index is -0.245. The van der Waals surface area contributed by atoms with E-state index in [9.17, 15) is 4.79 Å². The average Bonchev–Trinajstić information content (AvgIpc) is 2.49. The summed E-state index contributed by atoms with van der Waals surface area (Å²) >= 11 is 3.50. The van der Waals surface area contributed by atoms with Gasteiger partial charge in [0, 0.05) is 10.2 Å². The number of hydrogen-bond acceptors (Lipinski definition) is 2. The largest absolute Gasteiger partial charge is 0.491 e. The fourth-order valence-corrected chi connectivity index (χ4v) is 2.78. The van der Waals surface area contributed by atoms with Crippen LogP contribution in [0.2, 0.25) is 0 Å². The summed E-state index contributed by atoms with van der Waals surface area (Å²) in [7, 11) is 0. The van der Waals surface area contributed by atoms with Crippen molar-refractivity contribution < 1.29 is 9.53 Å². The van der Waals surface area contributed by atoms with Gasteiger partial charge in [0.05, 0.1) is 12.1 Å². The number of anilines is 1. The molecular weight excluding hydrogens is 356 g/mol. The molecule has 1 unspecified atom stereocenters. The van der Waals surface area contributed by atoms with Gasteiger partial charge in [-0.25, -0.2) is 4.79 Å². The van der Waals surface area contributed by atoms with Crippen LogP contribution in [0, 0.1) is 0 Å². The van der Waals surface area contributed by atoms with Crippen LogP contribution in [0.4, 0.5) is 10.5 Å². The fraction of sp³-hybridized carbons (Fsp3) is 0.278. The van der Waals surface area contributed by atoms with Crippen LogP contribution in [0.5, 0.6) is 5.75 Å². The van der Waals surface area contributed by atoms with Crippen molar-refractivity contribution in [1.29, 1.82) is 0 Å². The van der Waals surface area contributed by atoms with Crippen molar-refractivity contribution in [1.82, 2.24) is 5.32 Å². The molecule has 2 amide bonds. The van der Waals surface area contributed by atoms with Gasteiger partial charge in [0.2, 0.25) is 0 Å². The Hall–Kier alpha value is -2.01. The van der Waals surface area contributed by atoms with Gasteiger partial charge in [-0.1, -0.05) is 34.1 Å².